The van der Waals surface area contributed by atoms with Crippen LogP contribution < -0.4 is 30.7 Å². The van der Waals surface area contributed by atoms with Gasteiger partial charge in [-0.25, -0.2) is 14.4 Å². The van der Waals surface area contributed by atoms with Crippen LogP contribution in [-0.4, -0.2) is 148 Å². The lowest BCUT2D eigenvalue weighted by Gasteiger charge is -2.39. The molecule has 1 aliphatic carbocycles. The van der Waals surface area contributed by atoms with Gasteiger partial charge in [0, 0.05) is 74.3 Å². The topological polar surface area (TPSA) is 210 Å². The lowest BCUT2D eigenvalue weighted by atomic mass is 9.96. The van der Waals surface area contributed by atoms with Crippen molar-refractivity contribution in [3.8, 4) is 23.3 Å². The number of carbonyl (C=O) groups excluding carboxylic acids is 1. The first kappa shape index (κ1) is 50.1. The fourth-order valence-corrected chi connectivity index (χ4v) is 10.5. The first-order valence-corrected chi connectivity index (χ1v) is 24.3. The fourth-order valence-electron chi connectivity index (χ4n) is 10.5. The summed E-state index contributed by atoms with van der Waals surface area (Å²) in [4.78, 5) is 31.2. The Balaban J connectivity index is 0.746. The molecule has 3 aliphatic heterocycles. The van der Waals surface area contributed by atoms with E-state index in [1.54, 1.807) is 36.9 Å². The van der Waals surface area contributed by atoms with Gasteiger partial charge >= 0.3 is 6.18 Å². The van der Waals surface area contributed by atoms with Gasteiger partial charge in [-0.1, -0.05) is 0 Å². The molecule has 17 nitrogen and oxygen atoms in total. The second kappa shape index (κ2) is 20.0. The number of nitrogens with zero attached hydrogens (tertiary/aromatic N) is 7. The number of nitrogens with one attached hydrogen (secondary N) is 2. The predicted molar refractivity (Wildman–Crippen MR) is 260 cm³/mol. The summed E-state index contributed by atoms with van der Waals surface area (Å²) in [6.07, 6.45) is -2.37. The number of nitrogens with two attached hydrogens (primary N) is 1. The molecule has 3 unspecified atom stereocenters. The lowest BCUT2D eigenvalue weighted by Crippen LogP contribution is -2.49. The van der Waals surface area contributed by atoms with Gasteiger partial charge in [0.15, 0.2) is 11.5 Å². The number of carbonyl (C=O) groups is 1. The van der Waals surface area contributed by atoms with E-state index >= 15 is 4.39 Å². The normalized spacial score (nSPS) is 21.7. The molecule has 2 aromatic heterocycles. The SMILES string of the molecule is COc1cc2nc(C)nc(N[C@H](C)c3cc(N)cc(C(F)(F)F)c3)c2cc1OCC1(CN(C)C(=O)CN2CCC(CN3CCN(c4cc5c(O)n(C6CCC(O)NC6O)c(O)c5cc4F)CC3)CC2)CC1. The number of methoxy groups -OCH3 is 1. The summed E-state index contributed by atoms with van der Waals surface area (Å²) >= 11 is 0. The molecule has 5 heterocycles. The second-order valence-corrected chi connectivity index (χ2v) is 20.1. The van der Waals surface area contributed by atoms with E-state index in [2.05, 4.69) is 30.4 Å². The molecule has 4 aliphatic rings. The van der Waals surface area contributed by atoms with Crippen molar-refractivity contribution in [2.45, 2.75) is 83.1 Å². The molecule has 8 N–H and O–H groups in total. The van der Waals surface area contributed by atoms with Gasteiger partial charge in [0.05, 0.1) is 54.5 Å². The van der Waals surface area contributed by atoms with Crippen molar-refractivity contribution in [3.05, 3.63) is 65.2 Å². The Bertz CT molecular complexity index is 2760. The molecule has 0 spiro atoms. The number of piperazine rings is 1. The van der Waals surface area contributed by atoms with Crippen LogP contribution in [-0.2, 0) is 11.0 Å². The van der Waals surface area contributed by atoms with Crippen molar-refractivity contribution in [1.82, 2.24) is 34.6 Å². The third-order valence-electron chi connectivity index (χ3n) is 14.9. The van der Waals surface area contributed by atoms with E-state index in [1.807, 2.05) is 11.9 Å². The Kier molecular flexibility index (Phi) is 14.1. The molecular weight excluding hydrogens is 929 g/mol. The summed E-state index contributed by atoms with van der Waals surface area (Å²) in [6.45, 7) is 9.81. The van der Waals surface area contributed by atoms with Gasteiger partial charge < -0.3 is 50.8 Å². The van der Waals surface area contributed by atoms with Gasteiger partial charge in [0.1, 0.15) is 29.9 Å². The number of aliphatic hydroxyl groups excluding tert-OH is 2. The average Bonchev–Trinajstić information content (AvgIpc) is 4.05. The number of likely N-dealkylation sites (tertiary alicyclic amines) is 1. The van der Waals surface area contributed by atoms with Crippen LogP contribution in [0.25, 0.3) is 21.7 Å². The fraction of sp³-hybridized carbons (Fsp3) is 0.540. The highest BCUT2D eigenvalue weighted by atomic mass is 19.4. The number of halogens is 4. The van der Waals surface area contributed by atoms with Crippen LogP contribution >= 0.6 is 0 Å². The van der Waals surface area contributed by atoms with E-state index < -0.39 is 42.1 Å². The number of hydrogen-bond donors (Lipinski definition) is 7. The Morgan fingerprint density at radius 3 is 2.30 bits per heavy atom. The van der Waals surface area contributed by atoms with Crippen LogP contribution in [0, 0.1) is 24.1 Å². The number of aromatic nitrogens is 3. The number of anilines is 3. The van der Waals surface area contributed by atoms with Crippen molar-refractivity contribution in [2.24, 2.45) is 11.3 Å². The average molecular weight is 993 g/mol. The molecule has 3 aromatic carbocycles. The molecule has 3 saturated heterocycles. The standard InChI is InChI=1S/C50H64F4N10O7/c1-28(31-17-32(50(52,53)54)19-33(55)18-31)56-45-36-22-42(41(70-4)23-38(36)57-29(2)58-45)71-27-49(9-10-49)26-60(3)44(66)25-61-11-7-30(8-12-61)24-62-13-15-63(16-14-62)40-21-35-34(20-37(40)51)47(68)64(48(35)69)39-5-6-43(65)59-46(39)67/h17-23,28,30,39,43,46,59,65,67-69H,5-16,24-27,55H2,1-4H3,(H,56,57,58)/t28-,39?,43?,46?/m1/s1. The van der Waals surface area contributed by atoms with Crippen LogP contribution in [0.15, 0.2) is 42.5 Å². The van der Waals surface area contributed by atoms with Crippen LogP contribution in [0.3, 0.4) is 0 Å². The molecule has 0 radical (unpaired) electrons. The van der Waals surface area contributed by atoms with Gasteiger partial charge in [0.25, 0.3) is 0 Å². The number of likely N-dealkylation sites (N-methyl/N-ethyl adjacent to an activating group) is 1. The molecule has 5 aromatic rings. The van der Waals surface area contributed by atoms with Crippen molar-refractivity contribution >= 4 is 44.8 Å². The van der Waals surface area contributed by atoms with E-state index in [-0.39, 0.29) is 39.5 Å². The van der Waals surface area contributed by atoms with Crippen LogP contribution in [0.2, 0.25) is 0 Å². The summed E-state index contributed by atoms with van der Waals surface area (Å²) in [5, 5.41) is 49.4. The largest absolute Gasteiger partial charge is 0.494 e. The Morgan fingerprint density at radius 1 is 0.930 bits per heavy atom. The van der Waals surface area contributed by atoms with E-state index in [4.69, 9.17) is 15.2 Å². The number of nitrogen functional groups attached to an aromatic ring is 1. The third-order valence-corrected chi connectivity index (χ3v) is 14.9. The summed E-state index contributed by atoms with van der Waals surface area (Å²) in [7, 11) is 3.37. The number of aliphatic hydroxyl groups is 2. The molecule has 21 heteroatoms. The minimum atomic E-state index is -4.55. The number of aromatic hydroxyl groups is 2. The molecule has 4 fully saturated rings. The Hall–Kier alpha value is -5.87. The van der Waals surface area contributed by atoms with Gasteiger partial charge in [-0.15, -0.1) is 0 Å². The number of hydrogen-bond acceptors (Lipinski definition) is 15. The predicted octanol–water partition coefficient (Wildman–Crippen LogP) is 5.94. The monoisotopic (exact) mass is 992 g/mol. The molecule has 384 valence electrons. The van der Waals surface area contributed by atoms with E-state index in [9.17, 15) is 38.4 Å². The van der Waals surface area contributed by atoms with Crippen LogP contribution in [0.5, 0.6) is 23.3 Å². The zero-order chi connectivity index (χ0) is 50.5. The number of ether oxygens (including phenoxy) is 2. The van der Waals surface area contributed by atoms with Gasteiger partial charge in [-0.3, -0.25) is 24.5 Å². The number of rotatable bonds is 15. The molecule has 0 bridgehead atoms. The summed E-state index contributed by atoms with van der Waals surface area (Å²) in [6, 6.07) is 8.47. The first-order valence-electron chi connectivity index (χ1n) is 24.3. The number of piperidine rings is 2. The van der Waals surface area contributed by atoms with Gasteiger partial charge in [-0.05, 0) is 113 Å². The molecule has 71 heavy (non-hydrogen) atoms. The van der Waals surface area contributed by atoms with Gasteiger partial charge in [0.2, 0.25) is 17.7 Å². The molecule has 1 saturated carbocycles. The number of fused-ring (bicyclic) bond motifs is 2. The zero-order valence-corrected chi connectivity index (χ0v) is 40.5. The smallest absolute Gasteiger partial charge is 0.416 e. The molecule has 1 amide bonds. The minimum Gasteiger partial charge on any atom is -0.494 e. The maximum atomic E-state index is 15.6. The highest BCUT2D eigenvalue weighted by molar-refractivity contribution is 5.96. The van der Waals surface area contributed by atoms with Crippen molar-refractivity contribution in [2.75, 3.05) is 95.6 Å². The second-order valence-electron chi connectivity index (χ2n) is 20.1. The summed E-state index contributed by atoms with van der Waals surface area (Å²) < 4.78 is 69.8. The highest BCUT2D eigenvalue weighted by Gasteiger charge is 2.45. The minimum absolute atomic E-state index is 0.00333. The number of aryl methyl sites for hydroxylation is 1. The van der Waals surface area contributed by atoms with Crippen LogP contribution in [0.1, 0.15) is 74.5 Å². The van der Waals surface area contributed by atoms with E-state index in [1.165, 1.54) is 23.8 Å². The maximum Gasteiger partial charge on any atom is 0.416 e. The highest BCUT2D eigenvalue weighted by Crippen LogP contribution is 2.48. The maximum absolute atomic E-state index is 15.6. The van der Waals surface area contributed by atoms with Crippen molar-refractivity contribution in [1.29, 1.82) is 0 Å². The van der Waals surface area contributed by atoms with Crippen molar-refractivity contribution in [3.63, 3.8) is 0 Å². The Morgan fingerprint density at radius 2 is 1.63 bits per heavy atom. The zero-order valence-electron chi connectivity index (χ0n) is 40.5. The van der Waals surface area contributed by atoms with Crippen LogP contribution in [0.4, 0.5) is 34.8 Å². The molecule has 9 rings (SSSR count). The van der Waals surface area contributed by atoms with Crippen molar-refractivity contribution < 1.29 is 52.3 Å². The number of amides is 1. The lowest BCUT2D eigenvalue weighted by molar-refractivity contribution is -0.137. The third kappa shape index (κ3) is 10.8. The van der Waals surface area contributed by atoms with E-state index in [0.717, 1.165) is 70.5 Å². The molecule has 4 atom stereocenters. The Labute approximate surface area is 409 Å². The van der Waals surface area contributed by atoms with Gasteiger partial charge in [-0.2, -0.15) is 13.2 Å². The molecular formula is C50H64F4N10O7. The van der Waals surface area contributed by atoms with E-state index in [0.29, 0.717) is 96.8 Å². The summed E-state index contributed by atoms with van der Waals surface area (Å²) in [5.41, 5.74) is 6.05. The number of benzene rings is 3. The summed E-state index contributed by atoms with van der Waals surface area (Å²) in [5.74, 6) is 1.18. The number of alkyl halides is 3. The quantitative estimate of drug-likeness (QED) is 0.0479. The first-order chi connectivity index (χ1) is 33.8.